The van der Waals surface area contributed by atoms with Gasteiger partial charge in [-0.15, -0.1) is 0 Å². The number of imide groups is 1. The lowest BCUT2D eigenvalue weighted by Crippen LogP contribution is -2.52. The van der Waals surface area contributed by atoms with Gasteiger partial charge in [0.2, 0.25) is 0 Å². The van der Waals surface area contributed by atoms with Crippen molar-refractivity contribution in [1.82, 2.24) is 10.0 Å². The number of amides is 3. The van der Waals surface area contributed by atoms with Crippen LogP contribution in [0.2, 0.25) is 0 Å². The van der Waals surface area contributed by atoms with Crippen molar-refractivity contribution in [3.8, 4) is 0 Å². The molecule has 1 aliphatic heterocycles. The van der Waals surface area contributed by atoms with Gasteiger partial charge in [0.1, 0.15) is 6.54 Å². The monoisotopic (exact) mass is 602 g/mol. The van der Waals surface area contributed by atoms with Crippen LogP contribution < -0.4 is 0 Å². The number of Topliss-reactive ketones (excluding diaryl/α,β-unsaturated/α-hetero) is 1. The molecule has 2 bridgehead atoms. The number of hydrogen-bond donors (Lipinski definition) is 0. The average molecular weight is 603 g/mol. The number of nitro groups is 2. The molecule has 0 aromatic heterocycles. The van der Waals surface area contributed by atoms with Crippen molar-refractivity contribution in [2.75, 3.05) is 6.54 Å². The number of carbonyl (C=O) groups is 4. The summed E-state index contributed by atoms with van der Waals surface area (Å²) in [5.74, 6) is -5.78. The van der Waals surface area contributed by atoms with Gasteiger partial charge in [-0.2, -0.15) is 5.01 Å². The van der Waals surface area contributed by atoms with E-state index >= 15 is 0 Å². The maximum absolute atomic E-state index is 14.4. The fourth-order valence-electron chi connectivity index (χ4n) is 7.05. The molecule has 0 unspecified atom stereocenters. The molecule has 8 rings (SSSR count). The van der Waals surface area contributed by atoms with E-state index in [1.165, 1.54) is 36.4 Å². The highest BCUT2D eigenvalue weighted by atomic mass is 16.6. The minimum absolute atomic E-state index is 0.113. The fourth-order valence-corrected chi connectivity index (χ4v) is 7.05. The topological polar surface area (TPSA) is 161 Å². The molecular formula is C33H22N4O8. The summed E-state index contributed by atoms with van der Waals surface area (Å²) in [5.41, 5.74) is 2.55. The quantitative estimate of drug-likeness (QED) is 0.128. The molecule has 3 aliphatic carbocycles. The zero-order valence-corrected chi connectivity index (χ0v) is 23.3. The van der Waals surface area contributed by atoms with Gasteiger partial charge >= 0.3 is 0 Å². The van der Waals surface area contributed by atoms with Gasteiger partial charge in [-0.3, -0.25) is 39.4 Å². The first-order valence-corrected chi connectivity index (χ1v) is 14.1. The van der Waals surface area contributed by atoms with E-state index in [4.69, 9.17) is 0 Å². The van der Waals surface area contributed by atoms with E-state index < -0.39 is 69.3 Å². The smallest absolute Gasteiger partial charge is 0.273 e. The summed E-state index contributed by atoms with van der Waals surface area (Å²) in [6, 6.07) is 24.8. The van der Waals surface area contributed by atoms with Gasteiger partial charge in [0.15, 0.2) is 5.78 Å². The van der Waals surface area contributed by atoms with E-state index in [1.54, 1.807) is 0 Å². The standard InChI is InChI=1S/C33H22N4O8/c38-26(18-7-5-9-20(15-18)36(42)43)17-34(31(39)19-8-6-10-21(16-19)37(44)45)35-32(40)29-27-22-11-1-2-12-23(22)28(30(29)33(35)41)25-14-4-3-13-24(25)27/h1-16,27-30H,17H2/t27?,28?,29-,30-/m0/s1. The summed E-state index contributed by atoms with van der Waals surface area (Å²) < 4.78 is 0. The number of hydrazine groups is 1. The van der Waals surface area contributed by atoms with Crippen LogP contribution in [0.4, 0.5) is 11.4 Å². The van der Waals surface area contributed by atoms with E-state index in [9.17, 15) is 39.4 Å². The van der Waals surface area contributed by atoms with E-state index in [2.05, 4.69) is 0 Å². The van der Waals surface area contributed by atoms with Gasteiger partial charge in [0, 0.05) is 47.2 Å². The van der Waals surface area contributed by atoms with Crippen LogP contribution in [0, 0.1) is 32.1 Å². The molecule has 4 aromatic rings. The van der Waals surface area contributed by atoms with Gasteiger partial charge in [-0.1, -0.05) is 66.7 Å². The maximum Gasteiger partial charge on any atom is 0.273 e. The molecule has 1 heterocycles. The predicted molar refractivity (Wildman–Crippen MR) is 157 cm³/mol. The Balaban J connectivity index is 1.33. The van der Waals surface area contributed by atoms with Crippen molar-refractivity contribution in [2.45, 2.75) is 11.8 Å². The van der Waals surface area contributed by atoms with Crippen molar-refractivity contribution < 1.29 is 29.0 Å². The third-order valence-corrected chi connectivity index (χ3v) is 8.88. The summed E-state index contributed by atoms with van der Waals surface area (Å²) in [6.07, 6.45) is 0. The highest BCUT2D eigenvalue weighted by molar-refractivity contribution is 6.11. The molecule has 0 spiro atoms. The fraction of sp³-hybridized carbons (Fsp3) is 0.152. The van der Waals surface area contributed by atoms with Gasteiger partial charge in [-0.25, -0.2) is 5.01 Å². The molecule has 12 nitrogen and oxygen atoms in total. The van der Waals surface area contributed by atoms with Crippen LogP contribution in [0.15, 0.2) is 97.1 Å². The molecule has 1 fully saturated rings. The van der Waals surface area contributed by atoms with Gasteiger partial charge < -0.3 is 0 Å². The molecule has 1 saturated heterocycles. The third kappa shape index (κ3) is 4.21. The number of nitrogens with zero attached hydrogens (tertiary/aromatic N) is 4. The lowest BCUT2D eigenvalue weighted by atomic mass is 9.55. The number of non-ortho nitro benzene ring substituents is 2. The minimum Gasteiger partial charge on any atom is -0.292 e. The molecule has 4 aliphatic rings. The number of carbonyl (C=O) groups excluding carboxylic acids is 4. The van der Waals surface area contributed by atoms with Crippen LogP contribution in [-0.4, -0.2) is 49.9 Å². The van der Waals surface area contributed by atoms with Crippen molar-refractivity contribution in [3.63, 3.8) is 0 Å². The van der Waals surface area contributed by atoms with E-state index in [-0.39, 0.29) is 16.8 Å². The second-order valence-electron chi connectivity index (χ2n) is 11.2. The number of benzene rings is 4. The van der Waals surface area contributed by atoms with Crippen LogP contribution >= 0.6 is 0 Å². The summed E-state index contributed by atoms with van der Waals surface area (Å²) >= 11 is 0. The van der Waals surface area contributed by atoms with Crippen LogP contribution in [0.1, 0.15) is 54.8 Å². The molecule has 4 aromatic carbocycles. The number of ketones is 1. The van der Waals surface area contributed by atoms with Crippen molar-refractivity contribution in [3.05, 3.63) is 151 Å². The van der Waals surface area contributed by atoms with Gasteiger partial charge in [-0.05, 0) is 28.3 Å². The predicted octanol–water partition coefficient (Wildman–Crippen LogP) is 4.64. The van der Waals surface area contributed by atoms with Crippen LogP contribution in [-0.2, 0) is 9.59 Å². The van der Waals surface area contributed by atoms with E-state index in [1.807, 2.05) is 48.5 Å². The Bertz CT molecular complexity index is 1880. The number of rotatable bonds is 7. The average Bonchev–Trinajstić information content (AvgIpc) is 3.32. The normalized spacial score (nSPS) is 20.7. The molecule has 3 amide bonds. The zero-order chi connectivity index (χ0) is 31.6. The minimum atomic E-state index is -0.986. The number of nitro benzene ring substituents is 2. The SMILES string of the molecule is O=C(CN(C(=O)c1cccc([N+](=O)[O-])c1)N1C(=O)[C@H]2C3c4ccccc4C(c4ccccc43)[C@@H]2C1=O)c1cccc([N+](=O)[O-])c1. The lowest BCUT2D eigenvalue weighted by molar-refractivity contribution is -0.385. The highest BCUT2D eigenvalue weighted by Crippen LogP contribution is 2.61. The second kappa shape index (κ2) is 10.3. The second-order valence-corrected chi connectivity index (χ2v) is 11.2. The number of hydrogen-bond acceptors (Lipinski definition) is 8. The molecular weight excluding hydrogens is 580 g/mol. The summed E-state index contributed by atoms with van der Waals surface area (Å²) in [6.45, 7) is -0.825. The molecule has 0 N–H and O–H groups in total. The van der Waals surface area contributed by atoms with E-state index in [0.29, 0.717) is 5.01 Å². The largest absolute Gasteiger partial charge is 0.292 e. The lowest BCUT2D eigenvalue weighted by Gasteiger charge is -2.45. The Morgan fingerprint density at radius 3 is 1.51 bits per heavy atom. The van der Waals surface area contributed by atoms with Gasteiger partial charge in [0.25, 0.3) is 29.1 Å². The molecule has 45 heavy (non-hydrogen) atoms. The van der Waals surface area contributed by atoms with Gasteiger partial charge in [0.05, 0.1) is 21.7 Å². The summed E-state index contributed by atoms with van der Waals surface area (Å²) in [7, 11) is 0. The van der Waals surface area contributed by atoms with Crippen molar-refractivity contribution in [1.29, 1.82) is 0 Å². The third-order valence-electron chi connectivity index (χ3n) is 8.88. The Hall–Kier alpha value is -6.04. The molecule has 222 valence electrons. The molecule has 2 atom stereocenters. The first kappa shape index (κ1) is 27.8. The molecule has 12 heteroatoms. The van der Waals surface area contributed by atoms with Crippen LogP contribution in [0.5, 0.6) is 0 Å². The Kier molecular flexibility index (Phi) is 6.36. The maximum atomic E-state index is 14.4. The Morgan fingerprint density at radius 1 is 0.644 bits per heavy atom. The zero-order valence-electron chi connectivity index (χ0n) is 23.3. The summed E-state index contributed by atoms with van der Waals surface area (Å²) in [5, 5.41) is 24.3. The van der Waals surface area contributed by atoms with Crippen LogP contribution in [0.3, 0.4) is 0 Å². The van der Waals surface area contributed by atoms with E-state index in [0.717, 1.165) is 39.4 Å². The van der Waals surface area contributed by atoms with Crippen LogP contribution in [0.25, 0.3) is 0 Å². The van der Waals surface area contributed by atoms with Crippen molar-refractivity contribution >= 4 is 34.9 Å². The molecule has 0 radical (unpaired) electrons. The first-order chi connectivity index (χ1) is 21.7. The first-order valence-electron chi connectivity index (χ1n) is 14.1. The molecule has 0 saturated carbocycles. The summed E-state index contributed by atoms with van der Waals surface area (Å²) in [4.78, 5) is 77.8. The Labute approximate surface area is 254 Å². The highest BCUT2D eigenvalue weighted by Gasteiger charge is 2.63. The van der Waals surface area contributed by atoms with Crippen molar-refractivity contribution in [2.24, 2.45) is 11.8 Å². The Morgan fingerprint density at radius 2 is 1.07 bits per heavy atom.